The van der Waals surface area contributed by atoms with E-state index in [4.69, 9.17) is 10.2 Å². The Morgan fingerprint density at radius 1 is 1.41 bits per heavy atom. The molecular formula is C10H10BrF2NO3. The molecule has 0 saturated heterocycles. The fraction of sp³-hybridized carbons (Fsp3) is 0.300. The average molecular weight is 310 g/mol. The second kappa shape index (κ2) is 5.42. The number of hydrogen-bond acceptors (Lipinski definition) is 3. The van der Waals surface area contributed by atoms with Crippen molar-refractivity contribution in [2.24, 2.45) is 0 Å². The third-order valence-corrected chi connectivity index (χ3v) is 2.39. The number of alkyl halides is 2. The first-order valence-electron chi connectivity index (χ1n) is 4.60. The van der Waals surface area contributed by atoms with Crippen LogP contribution in [0, 0.1) is 0 Å². The average Bonchev–Trinajstić information content (AvgIpc) is 2.26. The molecule has 4 nitrogen and oxygen atoms in total. The van der Waals surface area contributed by atoms with E-state index in [9.17, 15) is 13.6 Å². The molecule has 0 bridgehead atoms. The van der Waals surface area contributed by atoms with E-state index >= 15 is 0 Å². The van der Waals surface area contributed by atoms with E-state index in [0.717, 1.165) is 0 Å². The van der Waals surface area contributed by atoms with Gasteiger partial charge in [0.05, 0.1) is 12.1 Å². The highest BCUT2D eigenvalue weighted by molar-refractivity contribution is 9.10. The number of carboxylic acid groups (broad SMARTS) is 1. The minimum absolute atomic E-state index is 0.0193. The quantitative estimate of drug-likeness (QED) is 0.780. The first-order valence-corrected chi connectivity index (χ1v) is 5.40. The van der Waals surface area contributed by atoms with Gasteiger partial charge in [0, 0.05) is 10.2 Å². The van der Waals surface area contributed by atoms with Crippen molar-refractivity contribution in [2.45, 2.75) is 5.92 Å². The van der Waals surface area contributed by atoms with Crippen LogP contribution in [-0.4, -0.2) is 35.3 Å². The summed E-state index contributed by atoms with van der Waals surface area (Å²) in [6.45, 7) is -2.03. The lowest BCUT2D eigenvalue weighted by molar-refractivity contribution is -0.0372. The van der Waals surface area contributed by atoms with Gasteiger partial charge in [-0.2, -0.15) is 0 Å². The lowest BCUT2D eigenvalue weighted by Gasteiger charge is -2.15. The van der Waals surface area contributed by atoms with Crippen LogP contribution in [0.1, 0.15) is 10.4 Å². The fourth-order valence-electron chi connectivity index (χ4n) is 1.10. The minimum atomic E-state index is -3.24. The van der Waals surface area contributed by atoms with Crippen LogP contribution in [-0.2, 0) is 0 Å². The van der Waals surface area contributed by atoms with Crippen molar-refractivity contribution in [3.63, 3.8) is 0 Å². The summed E-state index contributed by atoms with van der Waals surface area (Å²) in [5.41, 5.74) is 0.221. The van der Waals surface area contributed by atoms with Gasteiger partial charge in [0.2, 0.25) is 0 Å². The predicted octanol–water partition coefficient (Wildman–Crippen LogP) is 2.19. The van der Waals surface area contributed by atoms with Gasteiger partial charge in [-0.1, -0.05) is 15.9 Å². The molecule has 0 heterocycles. The molecule has 0 fully saturated rings. The van der Waals surface area contributed by atoms with Gasteiger partial charge in [0.25, 0.3) is 5.92 Å². The van der Waals surface area contributed by atoms with Gasteiger partial charge < -0.3 is 15.5 Å². The lowest BCUT2D eigenvalue weighted by atomic mass is 10.2. The van der Waals surface area contributed by atoms with E-state index in [0.29, 0.717) is 4.47 Å². The van der Waals surface area contributed by atoms with Crippen molar-refractivity contribution in [1.29, 1.82) is 0 Å². The summed E-state index contributed by atoms with van der Waals surface area (Å²) in [6.07, 6.45) is 0. The summed E-state index contributed by atoms with van der Waals surface area (Å²) in [5, 5.41) is 19.5. The number of benzene rings is 1. The van der Waals surface area contributed by atoms with E-state index < -0.39 is 25.0 Å². The van der Waals surface area contributed by atoms with E-state index in [-0.39, 0.29) is 11.3 Å². The molecule has 0 saturated carbocycles. The number of aliphatic hydroxyl groups excluding tert-OH is 1. The summed E-state index contributed by atoms with van der Waals surface area (Å²) in [7, 11) is 0. The molecule has 0 amide bonds. The standard InChI is InChI=1S/C10H10BrF2NO3/c11-7-1-6(9(16)17)2-8(3-7)14-4-10(12,13)5-15/h1-3,14-15H,4-5H2,(H,16,17). The molecule has 7 heteroatoms. The summed E-state index contributed by atoms with van der Waals surface area (Å²) >= 11 is 3.08. The van der Waals surface area contributed by atoms with Crippen LogP contribution in [0.4, 0.5) is 14.5 Å². The summed E-state index contributed by atoms with van der Waals surface area (Å²) in [4.78, 5) is 10.7. The SMILES string of the molecule is O=C(O)c1cc(Br)cc(NCC(F)(F)CO)c1. The Balaban J connectivity index is 2.81. The first-order chi connectivity index (χ1) is 7.84. The van der Waals surface area contributed by atoms with Crippen molar-refractivity contribution in [2.75, 3.05) is 18.5 Å². The van der Waals surface area contributed by atoms with Gasteiger partial charge in [-0.15, -0.1) is 0 Å². The molecule has 0 atom stereocenters. The van der Waals surface area contributed by atoms with Crippen molar-refractivity contribution < 1.29 is 23.8 Å². The molecule has 0 aliphatic rings. The topological polar surface area (TPSA) is 69.6 Å². The zero-order valence-corrected chi connectivity index (χ0v) is 10.2. The van der Waals surface area contributed by atoms with Crippen molar-refractivity contribution in [3.05, 3.63) is 28.2 Å². The van der Waals surface area contributed by atoms with Crippen molar-refractivity contribution >= 4 is 27.6 Å². The van der Waals surface area contributed by atoms with Gasteiger partial charge in [-0.05, 0) is 18.2 Å². The zero-order valence-electron chi connectivity index (χ0n) is 8.58. The molecule has 0 radical (unpaired) electrons. The maximum Gasteiger partial charge on any atom is 0.335 e. The second-order valence-corrected chi connectivity index (χ2v) is 4.32. The Morgan fingerprint density at radius 2 is 2.06 bits per heavy atom. The molecule has 0 unspecified atom stereocenters. The number of carbonyl (C=O) groups is 1. The van der Waals surface area contributed by atoms with E-state index in [1.165, 1.54) is 18.2 Å². The maximum absolute atomic E-state index is 12.8. The number of nitrogens with one attached hydrogen (secondary N) is 1. The Labute approximate surface area is 104 Å². The highest BCUT2D eigenvalue weighted by Crippen LogP contribution is 2.21. The third kappa shape index (κ3) is 4.27. The molecule has 1 aromatic carbocycles. The van der Waals surface area contributed by atoms with Crippen LogP contribution in [0.15, 0.2) is 22.7 Å². The Kier molecular flexibility index (Phi) is 4.41. The van der Waals surface area contributed by atoms with Gasteiger partial charge >= 0.3 is 5.97 Å². The molecule has 0 spiro atoms. The Hall–Kier alpha value is -1.21. The molecule has 0 aliphatic heterocycles. The van der Waals surface area contributed by atoms with Crippen molar-refractivity contribution in [3.8, 4) is 0 Å². The first kappa shape index (κ1) is 13.9. The van der Waals surface area contributed by atoms with E-state index in [1.807, 2.05) is 0 Å². The van der Waals surface area contributed by atoms with Gasteiger partial charge in [-0.25, -0.2) is 13.6 Å². The number of rotatable bonds is 5. The molecule has 17 heavy (non-hydrogen) atoms. The molecule has 0 aliphatic carbocycles. The molecule has 94 valence electrons. The van der Waals surface area contributed by atoms with Gasteiger partial charge in [0.15, 0.2) is 0 Å². The monoisotopic (exact) mass is 309 g/mol. The largest absolute Gasteiger partial charge is 0.478 e. The fourth-order valence-corrected chi connectivity index (χ4v) is 1.60. The predicted molar refractivity (Wildman–Crippen MR) is 61.6 cm³/mol. The number of aliphatic hydroxyl groups is 1. The number of halogens is 3. The smallest absolute Gasteiger partial charge is 0.335 e. The van der Waals surface area contributed by atoms with Crippen LogP contribution >= 0.6 is 15.9 Å². The van der Waals surface area contributed by atoms with Crippen LogP contribution < -0.4 is 5.32 Å². The van der Waals surface area contributed by atoms with E-state index in [2.05, 4.69) is 21.2 Å². The van der Waals surface area contributed by atoms with E-state index in [1.54, 1.807) is 0 Å². The second-order valence-electron chi connectivity index (χ2n) is 3.40. The van der Waals surface area contributed by atoms with Crippen molar-refractivity contribution in [1.82, 2.24) is 0 Å². The minimum Gasteiger partial charge on any atom is -0.478 e. The number of hydrogen-bond donors (Lipinski definition) is 3. The molecule has 3 N–H and O–H groups in total. The van der Waals surface area contributed by atoms with Crippen LogP contribution in [0.3, 0.4) is 0 Å². The van der Waals surface area contributed by atoms with Crippen LogP contribution in [0.5, 0.6) is 0 Å². The number of anilines is 1. The Morgan fingerprint density at radius 3 is 2.59 bits per heavy atom. The van der Waals surface area contributed by atoms with Crippen LogP contribution in [0.25, 0.3) is 0 Å². The number of carboxylic acids is 1. The van der Waals surface area contributed by atoms with Crippen LogP contribution in [0.2, 0.25) is 0 Å². The summed E-state index contributed by atoms with van der Waals surface area (Å²) < 4.78 is 26.0. The molecule has 1 aromatic rings. The lowest BCUT2D eigenvalue weighted by Crippen LogP contribution is -2.31. The third-order valence-electron chi connectivity index (χ3n) is 1.93. The highest BCUT2D eigenvalue weighted by Gasteiger charge is 2.27. The molecular weight excluding hydrogens is 300 g/mol. The zero-order chi connectivity index (χ0) is 13.1. The van der Waals surface area contributed by atoms with Gasteiger partial charge in [0.1, 0.15) is 6.61 Å². The number of aromatic carboxylic acids is 1. The normalized spacial score (nSPS) is 11.3. The maximum atomic E-state index is 12.8. The summed E-state index contributed by atoms with van der Waals surface area (Å²) in [5.74, 6) is -4.39. The Bertz CT molecular complexity index is 426. The summed E-state index contributed by atoms with van der Waals surface area (Å²) in [6, 6.07) is 4.07. The van der Waals surface area contributed by atoms with Gasteiger partial charge in [-0.3, -0.25) is 0 Å². The highest BCUT2D eigenvalue weighted by atomic mass is 79.9. The molecule has 0 aromatic heterocycles. The molecule has 1 rings (SSSR count).